The van der Waals surface area contributed by atoms with Gasteiger partial charge < -0.3 is 23.8 Å². The van der Waals surface area contributed by atoms with E-state index in [-0.39, 0.29) is 11.8 Å². The summed E-state index contributed by atoms with van der Waals surface area (Å²) < 4.78 is 12.5. The molecule has 0 spiro atoms. The molecule has 0 saturated carbocycles. The van der Waals surface area contributed by atoms with Gasteiger partial charge in [-0.2, -0.15) is 4.98 Å². The number of rotatable bonds is 6. The Morgan fingerprint density at radius 1 is 1.18 bits per heavy atom. The van der Waals surface area contributed by atoms with Crippen molar-refractivity contribution < 1.29 is 14.3 Å². The number of pyridine rings is 1. The van der Waals surface area contributed by atoms with Crippen molar-refractivity contribution in [3.63, 3.8) is 0 Å². The molecule has 9 heteroatoms. The van der Waals surface area contributed by atoms with Crippen molar-refractivity contribution in [2.75, 3.05) is 41.4 Å². The van der Waals surface area contributed by atoms with Gasteiger partial charge in [-0.05, 0) is 33.0 Å². The van der Waals surface area contributed by atoms with Crippen molar-refractivity contribution in [1.29, 1.82) is 0 Å². The van der Waals surface area contributed by atoms with Gasteiger partial charge >= 0.3 is 0 Å². The average molecular weight is 388 g/mol. The number of piperidine rings is 1. The summed E-state index contributed by atoms with van der Waals surface area (Å²) in [7, 11) is 9.08. The van der Waals surface area contributed by atoms with Gasteiger partial charge in [-0.15, -0.1) is 10.2 Å². The Morgan fingerprint density at radius 2 is 1.89 bits per heavy atom. The van der Waals surface area contributed by atoms with E-state index in [0.717, 1.165) is 31.0 Å². The number of carbonyl (C=O) groups is 1. The van der Waals surface area contributed by atoms with Crippen molar-refractivity contribution in [2.24, 2.45) is 7.05 Å². The summed E-state index contributed by atoms with van der Waals surface area (Å²) in [6, 6.07) is 3.38. The quantitative estimate of drug-likeness (QED) is 0.737. The smallest absolute Gasteiger partial charge is 0.259 e. The summed E-state index contributed by atoms with van der Waals surface area (Å²) in [5, 5.41) is 8.73. The molecule has 1 fully saturated rings. The van der Waals surface area contributed by atoms with Crippen LogP contribution in [-0.4, -0.2) is 76.9 Å². The number of hydrogen-bond acceptors (Lipinski definition) is 7. The van der Waals surface area contributed by atoms with E-state index in [4.69, 9.17) is 9.47 Å². The molecule has 0 aromatic carbocycles. The molecule has 0 atom stereocenters. The van der Waals surface area contributed by atoms with Crippen LogP contribution in [0.2, 0.25) is 0 Å². The maximum absolute atomic E-state index is 12.9. The van der Waals surface area contributed by atoms with Crippen molar-refractivity contribution in [1.82, 2.24) is 29.5 Å². The van der Waals surface area contributed by atoms with Crippen LogP contribution < -0.4 is 9.47 Å². The lowest BCUT2D eigenvalue weighted by Crippen LogP contribution is -2.38. The molecule has 0 bridgehead atoms. The number of aromatic nitrogens is 4. The monoisotopic (exact) mass is 388 g/mol. The van der Waals surface area contributed by atoms with E-state index in [1.807, 2.05) is 26.0 Å². The third-order valence-electron chi connectivity index (χ3n) is 5.07. The SMILES string of the molecule is COc1ccc(C(=O)N2CCC(c3nnc(CN(C)C)n3C)CC2)c(OC)n1. The first-order chi connectivity index (χ1) is 13.4. The molecule has 0 aliphatic carbocycles. The highest BCUT2D eigenvalue weighted by molar-refractivity contribution is 5.96. The minimum absolute atomic E-state index is 0.0725. The number of hydrogen-bond donors (Lipinski definition) is 0. The van der Waals surface area contributed by atoms with Crippen molar-refractivity contribution in [3.8, 4) is 11.8 Å². The van der Waals surface area contributed by atoms with E-state index in [1.54, 1.807) is 12.1 Å². The lowest BCUT2D eigenvalue weighted by molar-refractivity contribution is 0.0706. The molecule has 0 unspecified atom stereocenters. The average Bonchev–Trinajstić information content (AvgIpc) is 3.06. The Labute approximate surface area is 165 Å². The van der Waals surface area contributed by atoms with Crippen LogP contribution >= 0.6 is 0 Å². The normalized spacial score (nSPS) is 15.1. The predicted octanol–water partition coefficient (Wildman–Crippen LogP) is 1.31. The van der Waals surface area contributed by atoms with Crippen LogP contribution in [0.5, 0.6) is 11.8 Å². The molecular formula is C19H28N6O3. The fraction of sp³-hybridized carbons (Fsp3) is 0.579. The molecule has 1 amide bonds. The van der Waals surface area contributed by atoms with Crippen LogP contribution in [0.15, 0.2) is 12.1 Å². The molecule has 1 aliphatic rings. The van der Waals surface area contributed by atoms with Crippen LogP contribution in [0.1, 0.15) is 40.8 Å². The first-order valence-electron chi connectivity index (χ1n) is 9.35. The van der Waals surface area contributed by atoms with Gasteiger partial charge in [-0.25, -0.2) is 0 Å². The van der Waals surface area contributed by atoms with Gasteiger partial charge in [0.25, 0.3) is 5.91 Å². The van der Waals surface area contributed by atoms with Crippen molar-refractivity contribution >= 4 is 5.91 Å². The second-order valence-electron chi connectivity index (χ2n) is 7.25. The second kappa shape index (κ2) is 8.55. The molecule has 9 nitrogen and oxygen atoms in total. The standard InChI is InChI=1S/C19H28N6O3/c1-23(2)12-15-21-22-17(24(15)3)13-8-10-25(11-9-13)19(26)14-6-7-16(27-4)20-18(14)28-5/h6-7,13H,8-12H2,1-5H3. The van der Waals surface area contributed by atoms with Gasteiger partial charge in [-0.1, -0.05) is 0 Å². The van der Waals surface area contributed by atoms with Gasteiger partial charge in [0.15, 0.2) is 0 Å². The summed E-state index contributed by atoms with van der Waals surface area (Å²) in [6.07, 6.45) is 1.71. The zero-order valence-corrected chi connectivity index (χ0v) is 17.2. The third kappa shape index (κ3) is 4.09. The van der Waals surface area contributed by atoms with Gasteiger partial charge in [0.2, 0.25) is 11.8 Å². The molecule has 1 aliphatic heterocycles. The van der Waals surface area contributed by atoms with Gasteiger partial charge in [-0.3, -0.25) is 4.79 Å². The zero-order valence-electron chi connectivity index (χ0n) is 17.2. The first-order valence-corrected chi connectivity index (χ1v) is 9.35. The van der Waals surface area contributed by atoms with E-state index >= 15 is 0 Å². The first kappa shape index (κ1) is 20.1. The molecule has 0 radical (unpaired) electrons. The molecular weight excluding hydrogens is 360 g/mol. The third-order valence-corrected chi connectivity index (χ3v) is 5.07. The highest BCUT2D eigenvalue weighted by atomic mass is 16.5. The Hall–Kier alpha value is -2.68. The summed E-state index contributed by atoms with van der Waals surface area (Å²) in [6.45, 7) is 2.08. The van der Waals surface area contributed by atoms with E-state index in [9.17, 15) is 4.79 Å². The van der Waals surface area contributed by atoms with Crippen LogP contribution in [0.3, 0.4) is 0 Å². The molecule has 0 N–H and O–H groups in total. The fourth-order valence-electron chi connectivity index (χ4n) is 3.52. The molecule has 1 saturated heterocycles. The van der Waals surface area contributed by atoms with Gasteiger partial charge in [0.1, 0.15) is 17.2 Å². The van der Waals surface area contributed by atoms with Crippen LogP contribution in [0, 0.1) is 0 Å². The molecule has 3 rings (SSSR count). The predicted molar refractivity (Wildman–Crippen MR) is 104 cm³/mol. The van der Waals surface area contributed by atoms with E-state index in [0.29, 0.717) is 30.5 Å². The maximum Gasteiger partial charge on any atom is 0.259 e. The molecule has 2 aromatic heterocycles. The van der Waals surface area contributed by atoms with Gasteiger partial charge in [0, 0.05) is 32.1 Å². The van der Waals surface area contributed by atoms with Crippen molar-refractivity contribution in [2.45, 2.75) is 25.3 Å². The number of ether oxygens (including phenoxy) is 2. The Kier molecular flexibility index (Phi) is 6.13. The van der Waals surface area contributed by atoms with Gasteiger partial charge in [0.05, 0.1) is 20.8 Å². The second-order valence-corrected chi connectivity index (χ2v) is 7.25. The number of likely N-dealkylation sites (tertiary alicyclic amines) is 1. The molecule has 28 heavy (non-hydrogen) atoms. The van der Waals surface area contributed by atoms with Crippen LogP contribution in [0.25, 0.3) is 0 Å². The minimum atomic E-state index is -0.0725. The zero-order chi connectivity index (χ0) is 20.3. The summed E-state index contributed by atoms with van der Waals surface area (Å²) >= 11 is 0. The number of nitrogens with zero attached hydrogens (tertiary/aromatic N) is 6. The lowest BCUT2D eigenvalue weighted by atomic mass is 9.95. The van der Waals surface area contributed by atoms with E-state index in [2.05, 4.69) is 24.6 Å². The Morgan fingerprint density at radius 3 is 2.50 bits per heavy atom. The minimum Gasteiger partial charge on any atom is -0.481 e. The highest BCUT2D eigenvalue weighted by Crippen LogP contribution is 2.29. The Bertz CT molecular complexity index is 827. The number of methoxy groups -OCH3 is 2. The van der Waals surface area contributed by atoms with E-state index < -0.39 is 0 Å². The van der Waals surface area contributed by atoms with Crippen LogP contribution in [-0.2, 0) is 13.6 Å². The molecule has 3 heterocycles. The summed E-state index contributed by atoms with van der Waals surface area (Å²) in [4.78, 5) is 21.1. The largest absolute Gasteiger partial charge is 0.481 e. The Balaban J connectivity index is 1.67. The highest BCUT2D eigenvalue weighted by Gasteiger charge is 2.29. The van der Waals surface area contributed by atoms with Crippen molar-refractivity contribution in [3.05, 3.63) is 29.3 Å². The lowest BCUT2D eigenvalue weighted by Gasteiger charge is -2.31. The summed E-state index contributed by atoms with van der Waals surface area (Å²) in [5.41, 5.74) is 0.452. The number of amides is 1. The van der Waals surface area contributed by atoms with E-state index in [1.165, 1.54) is 14.2 Å². The molecule has 2 aromatic rings. The number of carbonyl (C=O) groups excluding carboxylic acids is 1. The fourth-order valence-corrected chi connectivity index (χ4v) is 3.52. The summed E-state index contributed by atoms with van der Waals surface area (Å²) in [5.74, 6) is 2.88. The maximum atomic E-state index is 12.9. The van der Waals surface area contributed by atoms with Crippen LogP contribution in [0.4, 0.5) is 0 Å². The topological polar surface area (TPSA) is 85.6 Å². The molecule has 152 valence electrons.